The van der Waals surface area contributed by atoms with Gasteiger partial charge < -0.3 is 14.9 Å². The highest BCUT2D eigenvalue weighted by molar-refractivity contribution is 5.66. The maximum Gasteiger partial charge on any atom is 0.303 e. The van der Waals surface area contributed by atoms with Crippen molar-refractivity contribution in [2.45, 2.75) is 51.1 Å². The van der Waals surface area contributed by atoms with Crippen molar-refractivity contribution in [1.29, 1.82) is 0 Å². The molecule has 0 amide bonds. The molecule has 1 fully saturated rings. The normalized spacial score (nSPS) is 25.1. The van der Waals surface area contributed by atoms with E-state index in [-0.39, 0.29) is 24.2 Å². The third-order valence-corrected chi connectivity index (χ3v) is 5.33. The topological polar surface area (TPSA) is 66.8 Å². The molecule has 6 heteroatoms. The van der Waals surface area contributed by atoms with Crippen molar-refractivity contribution in [3.8, 4) is 5.75 Å². The van der Waals surface area contributed by atoms with Crippen LogP contribution >= 0.6 is 0 Å². The Hall–Kier alpha value is -2.21. The fourth-order valence-corrected chi connectivity index (χ4v) is 3.78. The first-order chi connectivity index (χ1) is 13.8. The zero-order chi connectivity index (χ0) is 21.3. The summed E-state index contributed by atoms with van der Waals surface area (Å²) in [6.45, 7) is 1.23. The number of halogens is 2. The second-order valence-corrected chi connectivity index (χ2v) is 7.74. The van der Waals surface area contributed by atoms with E-state index in [1.54, 1.807) is 30.3 Å². The fraction of sp³-hybridized carbons (Fsp3) is 0.522. The Morgan fingerprint density at radius 3 is 2.69 bits per heavy atom. The Labute approximate surface area is 170 Å². The first-order valence-corrected chi connectivity index (χ1v) is 10.1. The molecule has 0 unspecified atom stereocenters. The zero-order valence-electron chi connectivity index (χ0n) is 16.7. The molecule has 0 spiro atoms. The summed E-state index contributed by atoms with van der Waals surface area (Å²) < 4.78 is 33.6. The Morgan fingerprint density at radius 1 is 1.28 bits per heavy atom. The smallest absolute Gasteiger partial charge is 0.303 e. The van der Waals surface area contributed by atoms with E-state index >= 15 is 0 Å². The van der Waals surface area contributed by atoms with Crippen molar-refractivity contribution in [3.63, 3.8) is 0 Å². The van der Waals surface area contributed by atoms with Crippen molar-refractivity contribution < 1.29 is 28.5 Å². The van der Waals surface area contributed by atoms with Crippen LogP contribution in [0.4, 0.5) is 8.78 Å². The number of ether oxygens (including phenoxy) is 1. The van der Waals surface area contributed by atoms with E-state index in [4.69, 9.17) is 9.84 Å². The summed E-state index contributed by atoms with van der Waals surface area (Å²) in [4.78, 5) is 10.5. The van der Waals surface area contributed by atoms with Crippen LogP contribution in [0.2, 0.25) is 0 Å². The third kappa shape index (κ3) is 7.97. The van der Waals surface area contributed by atoms with Crippen LogP contribution in [0.15, 0.2) is 54.6 Å². The quantitative estimate of drug-likeness (QED) is 0.395. The number of aliphatic hydroxyl groups is 1. The molecule has 1 aromatic carbocycles. The number of carboxylic acids is 1. The zero-order valence-corrected chi connectivity index (χ0v) is 16.7. The molecule has 0 bridgehead atoms. The number of rotatable bonds is 11. The van der Waals surface area contributed by atoms with E-state index in [1.807, 2.05) is 19.1 Å². The number of alkyl halides is 2. The SMILES string of the molecule is C[C@@H]1C[C@H](O)[C@H](CC=CCCCC(=O)O)[C@H]1/C=C/C(F)(F)COc1ccccc1. The van der Waals surface area contributed by atoms with Gasteiger partial charge in [-0.2, -0.15) is 8.78 Å². The lowest BCUT2D eigenvalue weighted by molar-refractivity contribution is -0.137. The molecule has 160 valence electrons. The van der Waals surface area contributed by atoms with Gasteiger partial charge in [-0.1, -0.05) is 43.4 Å². The molecule has 0 saturated heterocycles. The molecular formula is C23H30F2O4. The number of allylic oxidation sites excluding steroid dienone is 3. The molecule has 4 atom stereocenters. The molecular weight excluding hydrogens is 378 g/mol. The maximum absolute atomic E-state index is 14.2. The predicted octanol–water partition coefficient (Wildman–Crippen LogP) is 5.09. The Morgan fingerprint density at radius 2 is 2.00 bits per heavy atom. The van der Waals surface area contributed by atoms with Gasteiger partial charge in [0.2, 0.25) is 0 Å². The molecule has 1 saturated carbocycles. The Kier molecular flexibility index (Phi) is 8.83. The number of unbranched alkanes of at least 4 members (excludes halogenated alkanes) is 1. The van der Waals surface area contributed by atoms with Crippen molar-refractivity contribution in [2.75, 3.05) is 6.61 Å². The van der Waals surface area contributed by atoms with Crippen LogP contribution < -0.4 is 4.74 Å². The van der Waals surface area contributed by atoms with E-state index in [9.17, 15) is 18.7 Å². The minimum atomic E-state index is -3.10. The summed E-state index contributed by atoms with van der Waals surface area (Å²) in [7, 11) is 0. The van der Waals surface area contributed by atoms with Gasteiger partial charge in [-0.25, -0.2) is 0 Å². The van der Waals surface area contributed by atoms with E-state index in [2.05, 4.69) is 0 Å². The van der Waals surface area contributed by atoms with E-state index in [0.29, 0.717) is 31.4 Å². The van der Waals surface area contributed by atoms with Crippen molar-refractivity contribution in [3.05, 3.63) is 54.6 Å². The highest BCUT2D eigenvalue weighted by Crippen LogP contribution is 2.40. The summed E-state index contributed by atoms with van der Waals surface area (Å²) in [5.74, 6) is -3.67. The van der Waals surface area contributed by atoms with Crippen molar-refractivity contribution in [1.82, 2.24) is 0 Å². The number of benzene rings is 1. The van der Waals surface area contributed by atoms with E-state index < -0.39 is 24.6 Å². The van der Waals surface area contributed by atoms with Gasteiger partial charge in [-0.3, -0.25) is 4.79 Å². The van der Waals surface area contributed by atoms with Gasteiger partial charge in [0.15, 0.2) is 6.61 Å². The molecule has 2 rings (SSSR count). The summed E-state index contributed by atoms with van der Waals surface area (Å²) in [6, 6.07) is 8.51. The Balaban J connectivity index is 1.89. The number of aliphatic hydroxyl groups excluding tert-OH is 1. The molecule has 0 aromatic heterocycles. The van der Waals surface area contributed by atoms with Crippen LogP contribution in [0.3, 0.4) is 0 Å². The molecule has 29 heavy (non-hydrogen) atoms. The minimum Gasteiger partial charge on any atom is -0.487 e. The third-order valence-electron chi connectivity index (χ3n) is 5.33. The van der Waals surface area contributed by atoms with Gasteiger partial charge in [0, 0.05) is 6.42 Å². The fourth-order valence-electron chi connectivity index (χ4n) is 3.78. The maximum atomic E-state index is 14.2. The van der Waals surface area contributed by atoms with E-state index in [0.717, 1.165) is 6.08 Å². The van der Waals surface area contributed by atoms with Crippen molar-refractivity contribution in [2.24, 2.45) is 17.8 Å². The molecule has 0 aliphatic heterocycles. The molecule has 4 nitrogen and oxygen atoms in total. The van der Waals surface area contributed by atoms with Crippen LogP contribution in [0, 0.1) is 17.8 Å². The van der Waals surface area contributed by atoms with Gasteiger partial charge in [-0.05, 0) is 61.6 Å². The Bertz CT molecular complexity index is 687. The number of hydrogen-bond acceptors (Lipinski definition) is 3. The number of carboxylic acid groups (broad SMARTS) is 1. The van der Waals surface area contributed by atoms with Gasteiger partial charge in [0.25, 0.3) is 5.92 Å². The van der Waals surface area contributed by atoms with Gasteiger partial charge >= 0.3 is 5.97 Å². The first kappa shape index (κ1) is 23.1. The van der Waals surface area contributed by atoms with Crippen LogP contribution in [0.25, 0.3) is 0 Å². The lowest BCUT2D eigenvalue weighted by Crippen LogP contribution is -2.24. The van der Waals surface area contributed by atoms with Gasteiger partial charge in [-0.15, -0.1) is 0 Å². The lowest BCUT2D eigenvalue weighted by Gasteiger charge is -2.21. The van der Waals surface area contributed by atoms with Crippen LogP contribution in [-0.2, 0) is 4.79 Å². The second-order valence-electron chi connectivity index (χ2n) is 7.74. The molecule has 0 heterocycles. The molecule has 0 radical (unpaired) electrons. The molecule has 2 N–H and O–H groups in total. The largest absolute Gasteiger partial charge is 0.487 e. The number of hydrogen-bond donors (Lipinski definition) is 2. The first-order valence-electron chi connectivity index (χ1n) is 10.1. The predicted molar refractivity (Wildman–Crippen MR) is 108 cm³/mol. The van der Waals surface area contributed by atoms with Gasteiger partial charge in [0.1, 0.15) is 5.75 Å². The summed E-state index contributed by atoms with van der Waals surface area (Å²) >= 11 is 0. The standard InChI is InChI=1S/C23H30F2O4/c1-17-15-21(26)20(11-7-2-3-8-12-22(27)28)19(17)13-14-23(24,25)16-29-18-9-5-4-6-10-18/h2,4-7,9-10,13-14,17,19-21,26H,3,8,11-12,15-16H2,1H3,(H,27,28)/b7-2?,14-13+/t17-,19+,20-,21+/m1/s1. The molecule has 1 aliphatic rings. The minimum absolute atomic E-state index is 0.109. The van der Waals surface area contributed by atoms with Crippen molar-refractivity contribution >= 4 is 5.97 Å². The average molecular weight is 408 g/mol. The number of aliphatic carboxylic acids is 1. The average Bonchev–Trinajstić information content (AvgIpc) is 2.94. The van der Waals surface area contributed by atoms with Crippen LogP contribution in [-0.4, -0.2) is 34.8 Å². The lowest BCUT2D eigenvalue weighted by atomic mass is 9.87. The number of para-hydroxylation sites is 1. The summed E-state index contributed by atoms with van der Waals surface area (Å²) in [5.41, 5.74) is 0. The summed E-state index contributed by atoms with van der Waals surface area (Å²) in [6.07, 6.45) is 8.23. The highest BCUT2D eigenvalue weighted by Gasteiger charge is 2.38. The molecule has 1 aromatic rings. The monoisotopic (exact) mass is 408 g/mol. The summed E-state index contributed by atoms with van der Waals surface area (Å²) in [5, 5.41) is 19.0. The molecule has 1 aliphatic carbocycles. The highest BCUT2D eigenvalue weighted by atomic mass is 19.3. The second kappa shape index (κ2) is 11.1. The van der Waals surface area contributed by atoms with Gasteiger partial charge in [0.05, 0.1) is 6.10 Å². The van der Waals surface area contributed by atoms with Crippen LogP contribution in [0.1, 0.15) is 39.0 Å². The van der Waals surface area contributed by atoms with Crippen LogP contribution in [0.5, 0.6) is 5.75 Å². The van der Waals surface area contributed by atoms with E-state index in [1.165, 1.54) is 6.08 Å². The number of carbonyl (C=O) groups is 1.